The standard InChI is InChI=1S/C9H14ClN3O4S2/c1-6(2)12-9(18-4-5-19(10,16)17)8(13(14)15)7(3)11-12/h6H,4-5H2,1-3H3. The number of aromatic nitrogens is 2. The molecular formula is C9H14ClN3O4S2. The van der Waals surface area contributed by atoms with Crippen molar-refractivity contribution in [2.24, 2.45) is 0 Å². The zero-order chi connectivity index (χ0) is 14.8. The van der Waals surface area contributed by atoms with E-state index in [1.165, 1.54) is 4.68 Å². The van der Waals surface area contributed by atoms with Crippen LogP contribution in [0.3, 0.4) is 0 Å². The van der Waals surface area contributed by atoms with Crippen molar-refractivity contribution in [2.75, 3.05) is 11.5 Å². The Labute approximate surface area is 119 Å². The Bertz CT molecular complexity index is 583. The smallest absolute Gasteiger partial charge is 0.258 e. The van der Waals surface area contributed by atoms with E-state index in [2.05, 4.69) is 5.10 Å². The predicted octanol–water partition coefficient (Wildman–Crippen LogP) is 2.34. The van der Waals surface area contributed by atoms with Crippen molar-refractivity contribution in [2.45, 2.75) is 31.8 Å². The normalized spacial score (nSPS) is 12.1. The minimum Gasteiger partial charge on any atom is -0.258 e. The lowest BCUT2D eigenvalue weighted by molar-refractivity contribution is -0.388. The van der Waals surface area contributed by atoms with E-state index in [0.29, 0.717) is 10.7 Å². The van der Waals surface area contributed by atoms with Gasteiger partial charge in [-0.1, -0.05) is 11.8 Å². The molecule has 0 saturated carbocycles. The first-order valence-corrected chi connectivity index (χ1v) is 8.88. The average molecular weight is 328 g/mol. The molecule has 0 N–H and O–H groups in total. The summed E-state index contributed by atoms with van der Waals surface area (Å²) in [6.07, 6.45) is 0. The Balaban J connectivity index is 3.05. The fraction of sp³-hybridized carbons (Fsp3) is 0.667. The van der Waals surface area contributed by atoms with Gasteiger partial charge in [0.1, 0.15) is 5.69 Å². The molecule has 0 aliphatic carbocycles. The van der Waals surface area contributed by atoms with Gasteiger partial charge in [-0.15, -0.1) is 0 Å². The van der Waals surface area contributed by atoms with E-state index in [0.717, 1.165) is 11.8 Å². The Kier molecular flexibility index (Phi) is 5.22. The van der Waals surface area contributed by atoms with Gasteiger partial charge in [0.05, 0.1) is 10.7 Å². The summed E-state index contributed by atoms with van der Waals surface area (Å²) in [5, 5.41) is 15.5. The SMILES string of the molecule is Cc1nn(C(C)C)c(SCCS(=O)(=O)Cl)c1[N+](=O)[O-]. The highest BCUT2D eigenvalue weighted by Gasteiger charge is 2.26. The fourth-order valence-corrected chi connectivity index (χ4v) is 4.08. The molecule has 0 amide bonds. The highest BCUT2D eigenvalue weighted by molar-refractivity contribution is 8.14. The molecule has 108 valence electrons. The van der Waals surface area contributed by atoms with Crippen LogP contribution in [0, 0.1) is 17.0 Å². The lowest BCUT2D eigenvalue weighted by Gasteiger charge is -2.09. The van der Waals surface area contributed by atoms with Gasteiger partial charge in [-0.3, -0.25) is 10.1 Å². The highest BCUT2D eigenvalue weighted by atomic mass is 35.7. The molecular weight excluding hydrogens is 314 g/mol. The van der Waals surface area contributed by atoms with Crippen LogP contribution in [0.4, 0.5) is 5.69 Å². The van der Waals surface area contributed by atoms with Crippen molar-refractivity contribution in [1.29, 1.82) is 0 Å². The van der Waals surface area contributed by atoms with Crippen LogP contribution in [-0.2, 0) is 9.05 Å². The topological polar surface area (TPSA) is 95.1 Å². The van der Waals surface area contributed by atoms with Crippen LogP contribution < -0.4 is 0 Å². The number of rotatable bonds is 6. The first-order valence-electron chi connectivity index (χ1n) is 5.42. The van der Waals surface area contributed by atoms with Crippen molar-refractivity contribution in [1.82, 2.24) is 9.78 Å². The van der Waals surface area contributed by atoms with Crippen molar-refractivity contribution < 1.29 is 13.3 Å². The zero-order valence-electron chi connectivity index (χ0n) is 10.7. The highest BCUT2D eigenvalue weighted by Crippen LogP contribution is 2.34. The summed E-state index contributed by atoms with van der Waals surface area (Å²) in [7, 11) is 1.51. The van der Waals surface area contributed by atoms with Gasteiger partial charge in [-0.25, -0.2) is 13.1 Å². The Hall–Kier alpha value is -0.800. The van der Waals surface area contributed by atoms with Crippen LogP contribution in [0.15, 0.2) is 5.03 Å². The summed E-state index contributed by atoms with van der Waals surface area (Å²) in [5.74, 6) is -0.108. The van der Waals surface area contributed by atoms with Crippen molar-refractivity contribution in [3.8, 4) is 0 Å². The summed E-state index contributed by atoms with van der Waals surface area (Å²) >= 11 is 1.07. The number of nitro groups is 1. The second-order valence-electron chi connectivity index (χ2n) is 4.13. The lowest BCUT2D eigenvalue weighted by Crippen LogP contribution is -2.07. The predicted molar refractivity (Wildman–Crippen MR) is 74.4 cm³/mol. The summed E-state index contributed by atoms with van der Waals surface area (Å²) in [6.45, 7) is 5.25. The Morgan fingerprint density at radius 2 is 2.11 bits per heavy atom. The van der Waals surface area contributed by atoms with E-state index < -0.39 is 14.0 Å². The molecule has 0 atom stereocenters. The van der Waals surface area contributed by atoms with Gasteiger partial charge in [-0.2, -0.15) is 5.10 Å². The molecule has 0 fully saturated rings. The van der Waals surface area contributed by atoms with E-state index in [-0.39, 0.29) is 23.2 Å². The van der Waals surface area contributed by atoms with Crippen LogP contribution in [0.5, 0.6) is 0 Å². The molecule has 7 nitrogen and oxygen atoms in total. The first kappa shape index (κ1) is 16.3. The second kappa shape index (κ2) is 6.10. The first-order chi connectivity index (χ1) is 8.63. The Morgan fingerprint density at radius 1 is 1.53 bits per heavy atom. The van der Waals surface area contributed by atoms with Gasteiger partial charge in [0.25, 0.3) is 0 Å². The van der Waals surface area contributed by atoms with Crippen LogP contribution in [0.1, 0.15) is 25.6 Å². The molecule has 0 aliphatic rings. The van der Waals surface area contributed by atoms with Gasteiger partial charge in [-0.05, 0) is 20.8 Å². The van der Waals surface area contributed by atoms with Crippen molar-refractivity contribution >= 4 is 37.2 Å². The van der Waals surface area contributed by atoms with Crippen molar-refractivity contribution in [3.63, 3.8) is 0 Å². The molecule has 0 radical (unpaired) electrons. The quantitative estimate of drug-likeness (QED) is 0.344. The molecule has 0 saturated heterocycles. The molecule has 1 aromatic rings. The van der Waals surface area contributed by atoms with E-state index in [9.17, 15) is 18.5 Å². The van der Waals surface area contributed by atoms with Crippen LogP contribution in [0.2, 0.25) is 0 Å². The number of thioether (sulfide) groups is 1. The van der Waals surface area contributed by atoms with Crippen LogP contribution in [0.25, 0.3) is 0 Å². The lowest BCUT2D eigenvalue weighted by atomic mass is 10.4. The molecule has 1 aromatic heterocycles. The molecule has 19 heavy (non-hydrogen) atoms. The number of nitrogens with zero attached hydrogens (tertiary/aromatic N) is 3. The van der Waals surface area contributed by atoms with Crippen LogP contribution >= 0.6 is 22.4 Å². The number of aryl methyl sites for hydroxylation is 1. The molecule has 1 heterocycles. The monoisotopic (exact) mass is 327 g/mol. The average Bonchev–Trinajstić information content (AvgIpc) is 2.53. The third-order valence-corrected chi connectivity index (χ3v) is 4.72. The van der Waals surface area contributed by atoms with Gasteiger partial charge in [0.2, 0.25) is 9.05 Å². The number of hydrogen-bond acceptors (Lipinski definition) is 6. The van der Waals surface area contributed by atoms with Gasteiger partial charge in [0.15, 0.2) is 5.03 Å². The number of halogens is 1. The molecule has 0 bridgehead atoms. The van der Waals surface area contributed by atoms with Gasteiger partial charge in [0, 0.05) is 22.5 Å². The maximum absolute atomic E-state index is 11.0. The van der Waals surface area contributed by atoms with Crippen LogP contribution in [-0.4, -0.2) is 34.6 Å². The molecule has 0 unspecified atom stereocenters. The molecule has 10 heteroatoms. The van der Waals surface area contributed by atoms with E-state index in [1.54, 1.807) is 6.92 Å². The Morgan fingerprint density at radius 3 is 2.53 bits per heavy atom. The maximum Gasteiger partial charge on any atom is 0.323 e. The summed E-state index contributed by atoms with van der Waals surface area (Å²) in [5.41, 5.74) is 0.237. The minimum atomic E-state index is -3.60. The van der Waals surface area contributed by atoms with Gasteiger partial charge < -0.3 is 0 Å². The van der Waals surface area contributed by atoms with E-state index in [1.807, 2.05) is 13.8 Å². The summed E-state index contributed by atoms with van der Waals surface area (Å²) in [4.78, 5) is 10.5. The van der Waals surface area contributed by atoms with Crippen molar-refractivity contribution in [3.05, 3.63) is 15.8 Å². The van der Waals surface area contributed by atoms with E-state index >= 15 is 0 Å². The van der Waals surface area contributed by atoms with E-state index in [4.69, 9.17) is 10.7 Å². The molecule has 0 spiro atoms. The molecule has 0 aliphatic heterocycles. The third-order valence-electron chi connectivity index (χ3n) is 2.25. The summed E-state index contributed by atoms with van der Waals surface area (Å²) in [6, 6.07) is -0.0532. The summed E-state index contributed by atoms with van der Waals surface area (Å²) < 4.78 is 23.2. The zero-order valence-corrected chi connectivity index (χ0v) is 13.0. The maximum atomic E-state index is 11.0. The fourth-order valence-electron chi connectivity index (χ4n) is 1.45. The molecule has 1 rings (SSSR count). The second-order valence-corrected chi connectivity index (χ2v) is 8.11. The van der Waals surface area contributed by atoms with Gasteiger partial charge >= 0.3 is 5.69 Å². The third kappa shape index (κ3) is 4.36. The largest absolute Gasteiger partial charge is 0.323 e. The molecule has 0 aromatic carbocycles. The minimum absolute atomic E-state index is 0.0532. The number of hydrogen-bond donors (Lipinski definition) is 0.